The minimum absolute atomic E-state index is 0.0302. The third-order valence-electron chi connectivity index (χ3n) is 3.67. The summed E-state index contributed by atoms with van der Waals surface area (Å²) in [5, 5.41) is 11.5. The molecule has 7 nitrogen and oxygen atoms in total. The molecule has 0 radical (unpaired) electrons. The van der Waals surface area contributed by atoms with E-state index in [0.717, 1.165) is 5.01 Å². The van der Waals surface area contributed by atoms with Crippen LogP contribution in [0.1, 0.15) is 12.5 Å². The first-order valence-electron chi connectivity index (χ1n) is 7.50. The van der Waals surface area contributed by atoms with Gasteiger partial charge in [-0.05, 0) is 31.4 Å². The van der Waals surface area contributed by atoms with Gasteiger partial charge in [-0.15, -0.1) is 11.8 Å². The van der Waals surface area contributed by atoms with Gasteiger partial charge in [0.15, 0.2) is 11.6 Å². The van der Waals surface area contributed by atoms with E-state index in [4.69, 9.17) is 23.2 Å². The summed E-state index contributed by atoms with van der Waals surface area (Å²) in [5.41, 5.74) is 3.53. The molecule has 0 fully saturated rings. The molecular formula is C17H11Cl2N5O2S. The van der Waals surface area contributed by atoms with Crippen molar-refractivity contribution in [1.82, 2.24) is 15.0 Å². The number of rotatable bonds is 4. The first-order valence-corrected chi connectivity index (χ1v) is 9.48. The number of carbonyl (C=O) groups excluding carboxylic acids is 2. The predicted molar refractivity (Wildman–Crippen MR) is 103 cm³/mol. The number of nitrogens with zero attached hydrogens (tertiary/aromatic N) is 4. The Morgan fingerprint density at radius 3 is 2.56 bits per heavy atom. The highest BCUT2D eigenvalue weighted by atomic mass is 35.5. The second-order valence-corrected chi connectivity index (χ2v) is 7.07. The highest BCUT2D eigenvalue weighted by Gasteiger charge is 2.30. The van der Waals surface area contributed by atoms with Gasteiger partial charge in [0.1, 0.15) is 16.7 Å². The van der Waals surface area contributed by atoms with E-state index in [0.29, 0.717) is 20.6 Å². The van der Waals surface area contributed by atoms with Crippen molar-refractivity contribution in [1.29, 1.82) is 5.26 Å². The van der Waals surface area contributed by atoms with Crippen molar-refractivity contribution in [2.45, 2.75) is 11.9 Å². The molecule has 2 heterocycles. The molecule has 27 heavy (non-hydrogen) atoms. The van der Waals surface area contributed by atoms with Crippen molar-refractivity contribution in [3.63, 3.8) is 0 Å². The van der Waals surface area contributed by atoms with Crippen LogP contribution in [0.15, 0.2) is 34.9 Å². The van der Waals surface area contributed by atoms with Crippen LogP contribution < -0.4 is 5.43 Å². The lowest BCUT2D eigenvalue weighted by Gasteiger charge is -2.18. The monoisotopic (exact) mass is 419 g/mol. The van der Waals surface area contributed by atoms with E-state index in [9.17, 15) is 14.9 Å². The molecule has 0 saturated heterocycles. The molecule has 0 unspecified atom stereocenters. The number of amides is 2. The molecule has 1 N–H and O–H groups in total. The number of anilines is 1. The second-order valence-electron chi connectivity index (χ2n) is 5.43. The molecule has 0 bridgehead atoms. The largest absolute Gasteiger partial charge is 0.275 e. The summed E-state index contributed by atoms with van der Waals surface area (Å²) in [7, 11) is 0. The summed E-state index contributed by atoms with van der Waals surface area (Å²) in [6.45, 7) is 1.53. The van der Waals surface area contributed by atoms with Crippen molar-refractivity contribution < 1.29 is 9.59 Å². The van der Waals surface area contributed by atoms with Crippen LogP contribution in [-0.2, 0) is 9.59 Å². The van der Waals surface area contributed by atoms with Crippen LogP contribution in [0.25, 0.3) is 11.4 Å². The van der Waals surface area contributed by atoms with E-state index < -0.39 is 11.8 Å². The first-order chi connectivity index (χ1) is 12.8. The van der Waals surface area contributed by atoms with Crippen LogP contribution in [0, 0.1) is 11.3 Å². The Morgan fingerprint density at radius 2 is 2.00 bits per heavy atom. The molecule has 1 aromatic heterocycles. The summed E-state index contributed by atoms with van der Waals surface area (Å²) in [4.78, 5) is 32.8. The van der Waals surface area contributed by atoms with E-state index in [1.54, 1.807) is 24.5 Å². The van der Waals surface area contributed by atoms with E-state index in [2.05, 4.69) is 15.4 Å². The maximum absolute atomic E-state index is 12.1. The van der Waals surface area contributed by atoms with E-state index in [1.165, 1.54) is 24.8 Å². The minimum atomic E-state index is -0.545. The Kier molecular flexibility index (Phi) is 5.37. The molecule has 0 atom stereocenters. The normalized spacial score (nSPS) is 13.6. The molecule has 10 heteroatoms. The van der Waals surface area contributed by atoms with Crippen LogP contribution in [-0.4, -0.2) is 33.0 Å². The fourth-order valence-corrected chi connectivity index (χ4v) is 3.38. The van der Waals surface area contributed by atoms with Gasteiger partial charge in [-0.25, -0.2) is 9.97 Å². The molecule has 3 rings (SSSR count). The van der Waals surface area contributed by atoms with Gasteiger partial charge in [-0.1, -0.05) is 23.2 Å². The molecule has 0 saturated carbocycles. The quantitative estimate of drug-likeness (QED) is 0.458. The van der Waals surface area contributed by atoms with Gasteiger partial charge in [-0.2, -0.15) is 10.3 Å². The van der Waals surface area contributed by atoms with Crippen LogP contribution >= 0.6 is 35.0 Å². The van der Waals surface area contributed by atoms with Crippen LogP contribution in [0.2, 0.25) is 10.0 Å². The molecule has 1 aromatic carbocycles. The lowest BCUT2D eigenvalue weighted by molar-refractivity contribution is -0.135. The van der Waals surface area contributed by atoms with Crippen molar-refractivity contribution in [2.75, 3.05) is 11.7 Å². The van der Waals surface area contributed by atoms with Crippen molar-refractivity contribution in [3.05, 3.63) is 45.5 Å². The smallest absolute Gasteiger partial charge is 0.270 e. The van der Waals surface area contributed by atoms with Gasteiger partial charge >= 0.3 is 0 Å². The number of hydrogen-bond donors (Lipinski definition) is 1. The highest BCUT2D eigenvalue weighted by Crippen LogP contribution is 2.32. The summed E-state index contributed by atoms with van der Waals surface area (Å²) >= 11 is 13.4. The molecule has 1 aliphatic heterocycles. The topological polar surface area (TPSA) is 99.0 Å². The van der Waals surface area contributed by atoms with Gasteiger partial charge in [0.2, 0.25) is 0 Å². The zero-order valence-corrected chi connectivity index (χ0v) is 16.4. The Bertz CT molecular complexity index is 1050. The fraction of sp³-hybridized carbons (Fsp3) is 0.118. The highest BCUT2D eigenvalue weighted by molar-refractivity contribution is 7.98. The third kappa shape index (κ3) is 3.62. The lowest BCUT2D eigenvalue weighted by Crippen LogP contribution is -2.37. The van der Waals surface area contributed by atoms with Crippen molar-refractivity contribution >= 4 is 52.6 Å². The molecule has 0 aliphatic carbocycles. The Balaban J connectivity index is 2.11. The van der Waals surface area contributed by atoms with E-state index in [1.807, 2.05) is 6.07 Å². The van der Waals surface area contributed by atoms with Crippen molar-refractivity contribution in [2.24, 2.45) is 0 Å². The molecule has 1 aliphatic rings. The van der Waals surface area contributed by atoms with Gasteiger partial charge < -0.3 is 0 Å². The van der Waals surface area contributed by atoms with E-state index in [-0.39, 0.29) is 22.8 Å². The number of hydrazine groups is 1. The Morgan fingerprint density at radius 1 is 1.26 bits per heavy atom. The summed E-state index contributed by atoms with van der Waals surface area (Å²) in [6, 6.07) is 6.84. The van der Waals surface area contributed by atoms with Gasteiger partial charge in [0.25, 0.3) is 11.8 Å². The maximum Gasteiger partial charge on any atom is 0.275 e. The van der Waals surface area contributed by atoms with Crippen LogP contribution in [0.4, 0.5) is 5.82 Å². The summed E-state index contributed by atoms with van der Waals surface area (Å²) in [5.74, 6) is -0.801. The molecule has 136 valence electrons. The number of thioether (sulfide) groups is 1. The average molecular weight is 420 g/mol. The first kappa shape index (κ1) is 19.2. The molecule has 2 aromatic rings. The number of imide groups is 1. The second kappa shape index (κ2) is 7.56. The average Bonchev–Trinajstić information content (AvgIpc) is 2.87. The van der Waals surface area contributed by atoms with Crippen LogP contribution in [0.3, 0.4) is 0 Å². The van der Waals surface area contributed by atoms with Gasteiger partial charge in [0.05, 0.1) is 5.02 Å². The Hall–Kier alpha value is -2.60. The van der Waals surface area contributed by atoms with Gasteiger partial charge in [-0.3, -0.25) is 15.0 Å². The summed E-state index contributed by atoms with van der Waals surface area (Å²) in [6.07, 6.45) is 2.95. The number of hydrogen-bond acceptors (Lipinski definition) is 7. The zero-order chi connectivity index (χ0) is 19.7. The molecule has 2 amide bonds. The Labute approximate surface area is 169 Å². The maximum atomic E-state index is 12.1. The number of carbonyl (C=O) groups is 2. The number of aromatic nitrogens is 2. The van der Waals surface area contributed by atoms with E-state index >= 15 is 0 Å². The summed E-state index contributed by atoms with van der Waals surface area (Å²) < 4.78 is 0. The minimum Gasteiger partial charge on any atom is -0.270 e. The standard InChI is InChI=1S/C17H11Cl2N5O2S/c1-8-5-13(25)24(17(8)26)23-15-11(7-20)16(27-2)22-14(21-15)10-4-3-9(18)6-12(10)19/h3-6H,1-2H3,(H,21,22,23). The molecule has 0 spiro atoms. The zero-order valence-electron chi connectivity index (χ0n) is 14.1. The number of nitriles is 1. The predicted octanol–water partition coefficient (Wildman–Crippen LogP) is 3.69. The fourth-order valence-electron chi connectivity index (χ4n) is 2.36. The van der Waals surface area contributed by atoms with Gasteiger partial charge in [0, 0.05) is 22.2 Å². The van der Waals surface area contributed by atoms with Crippen molar-refractivity contribution in [3.8, 4) is 17.5 Å². The number of halogens is 2. The molecular weight excluding hydrogens is 409 g/mol. The SMILES string of the molecule is CSc1nc(-c2ccc(Cl)cc2Cl)nc(NN2C(=O)C=C(C)C2=O)c1C#N. The lowest BCUT2D eigenvalue weighted by atomic mass is 10.2. The number of benzene rings is 1. The third-order valence-corrected chi connectivity index (χ3v) is 4.90. The van der Waals surface area contributed by atoms with Crippen LogP contribution in [0.5, 0.6) is 0 Å². The number of nitrogens with one attached hydrogen (secondary N) is 1.